The van der Waals surface area contributed by atoms with Gasteiger partial charge < -0.3 is 15.0 Å². The zero-order valence-electron chi connectivity index (χ0n) is 15.0. The predicted molar refractivity (Wildman–Crippen MR) is 93.1 cm³/mol. The van der Waals surface area contributed by atoms with E-state index in [1.54, 1.807) is 0 Å². The first kappa shape index (κ1) is 17.8. The third kappa shape index (κ3) is 2.74. The Morgan fingerprint density at radius 2 is 1.57 bits per heavy atom. The van der Waals surface area contributed by atoms with Crippen LogP contribution in [0, 0.1) is 20.8 Å². The summed E-state index contributed by atoms with van der Waals surface area (Å²) in [4.78, 5) is 2.96. The van der Waals surface area contributed by atoms with Crippen molar-refractivity contribution >= 4 is 18.3 Å². The summed E-state index contributed by atoms with van der Waals surface area (Å²) in [6, 6.07) is 0. The molecule has 0 unspecified atom stereocenters. The Kier molecular flexibility index (Phi) is 4.52. The molecule has 1 aromatic carbocycles. The van der Waals surface area contributed by atoms with Gasteiger partial charge in [0.15, 0.2) is 0 Å². The van der Waals surface area contributed by atoms with Gasteiger partial charge in [0, 0.05) is 17.1 Å². The molecule has 1 fully saturated rings. The van der Waals surface area contributed by atoms with Crippen LogP contribution in [0.15, 0.2) is 5.11 Å². The molecule has 0 saturated carbocycles. The molecule has 124 valence electrons. The van der Waals surface area contributed by atoms with Gasteiger partial charge >= 0.3 is 7.12 Å². The number of hydrogen-bond acceptors (Lipinski definition) is 4. The molecular weight excluding hydrogens is 291 g/mol. The number of rotatable bonds is 3. The highest BCUT2D eigenvalue weighted by atomic mass is 16.7. The number of hydrogen-bond donors (Lipinski definition) is 1. The largest absolute Gasteiger partial charge is 0.495 e. The zero-order chi connectivity index (χ0) is 17.6. The van der Waals surface area contributed by atoms with E-state index in [0.29, 0.717) is 12.2 Å². The van der Waals surface area contributed by atoms with E-state index in [-0.39, 0.29) is 0 Å². The van der Waals surface area contributed by atoms with Crippen molar-refractivity contribution in [2.24, 2.45) is 10.8 Å². The topological polar surface area (TPSA) is 93.2 Å². The van der Waals surface area contributed by atoms with Crippen LogP contribution in [-0.2, 0) is 15.9 Å². The predicted octanol–water partition coefficient (Wildman–Crippen LogP) is 3.31. The van der Waals surface area contributed by atoms with Crippen molar-refractivity contribution in [3.63, 3.8) is 0 Å². The van der Waals surface area contributed by atoms with Gasteiger partial charge in [0.25, 0.3) is 0 Å². The average Bonchev–Trinajstić information content (AvgIpc) is 2.63. The summed E-state index contributed by atoms with van der Waals surface area (Å²) in [6.07, 6.45) is 0. The summed E-state index contributed by atoms with van der Waals surface area (Å²) in [5.41, 5.74) is 19.3. The van der Waals surface area contributed by atoms with E-state index in [2.05, 4.69) is 10.0 Å². The van der Waals surface area contributed by atoms with Gasteiger partial charge in [0.05, 0.1) is 11.2 Å². The summed E-state index contributed by atoms with van der Waals surface area (Å²) in [5, 5.41) is 3.87. The van der Waals surface area contributed by atoms with Crippen LogP contribution >= 0.6 is 0 Å². The Balaban J connectivity index is 2.69. The van der Waals surface area contributed by atoms with E-state index >= 15 is 0 Å². The molecule has 1 aromatic rings. The highest BCUT2D eigenvalue weighted by molar-refractivity contribution is 6.63. The second kappa shape index (κ2) is 5.84. The smallest absolute Gasteiger partial charge is 0.399 e. The van der Waals surface area contributed by atoms with Gasteiger partial charge in [-0.15, -0.1) is 0 Å². The Hall–Kier alpha value is -1.53. The normalized spacial score (nSPS) is 18.9. The maximum absolute atomic E-state index is 8.89. The van der Waals surface area contributed by atoms with Gasteiger partial charge in [-0.25, -0.2) is 0 Å². The van der Waals surface area contributed by atoms with E-state index in [1.165, 1.54) is 0 Å². The van der Waals surface area contributed by atoms with Gasteiger partial charge in [-0.3, -0.25) is 0 Å². The minimum absolute atomic E-state index is 0.373. The summed E-state index contributed by atoms with van der Waals surface area (Å²) in [7, 11) is -0.501. The molecule has 0 aliphatic carbocycles. The zero-order valence-corrected chi connectivity index (χ0v) is 15.0. The lowest BCUT2D eigenvalue weighted by molar-refractivity contribution is 0.00578. The number of nitrogens with two attached hydrogens (primary N) is 1. The molecule has 0 radical (unpaired) electrons. The molecular formula is C16H25BN4O2. The standard InChI is InChI=1S/C16H25BN4O2/c1-9-12(8-18)10(2)14(20-21-19)11(3)13(9)17-22-15(4,5)16(6,7)23-17/h8,18H2,1-7H3. The molecule has 0 bridgehead atoms. The second-order valence-corrected chi connectivity index (χ2v) is 7.10. The van der Waals surface area contributed by atoms with Crippen LogP contribution in [0.1, 0.15) is 49.9 Å². The van der Waals surface area contributed by atoms with Gasteiger partial charge in [-0.1, -0.05) is 5.11 Å². The fourth-order valence-corrected chi connectivity index (χ4v) is 3.09. The lowest BCUT2D eigenvalue weighted by Gasteiger charge is -2.32. The number of nitrogens with zero attached hydrogens (tertiary/aromatic N) is 3. The molecule has 0 atom stereocenters. The molecule has 0 spiro atoms. The first-order chi connectivity index (χ1) is 10.6. The van der Waals surface area contributed by atoms with Crippen LogP contribution in [0.4, 0.5) is 5.69 Å². The lowest BCUT2D eigenvalue weighted by Crippen LogP contribution is -2.41. The maximum Gasteiger partial charge on any atom is 0.495 e. The maximum atomic E-state index is 8.89. The van der Waals surface area contributed by atoms with E-state index in [1.807, 2.05) is 48.5 Å². The van der Waals surface area contributed by atoms with Crippen LogP contribution in [0.25, 0.3) is 10.4 Å². The molecule has 1 heterocycles. The summed E-state index contributed by atoms with van der Waals surface area (Å²) >= 11 is 0. The first-order valence-electron chi connectivity index (χ1n) is 7.80. The Labute approximate surface area is 138 Å². The summed E-state index contributed by atoms with van der Waals surface area (Å²) < 4.78 is 12.4. The van der Waals surface area contributed by atoms with Crippen molar-refractivity contribution in [3.05, 3.63) is 32.7 Å². The third-order valence-corrected chi connectivity index (χ3v) is 5.26. The van der Waals surface area contributed by atoms with E-state index in [4.69, 9.17) is 20.6 Å². The van der Waals surface area contributed by atoms with E-state index in [9.17, 15) is 0 Å². The third-order valence-electron chi connectivity index (χ3n) is 5.26. The lowest BCUT2D eigenvalue weighted by atomic mass is 9.71. The molecule has 2 N–H and O–H groups in total. The molecule has 7 heteroatoms. The monoisotopic (exact) mass is 316 g/mol. The number of benzene rings is 1. The fourth-order valence-electron chi connectivity index (χ4n) is 3.09. The quantitative estimate of drug-likeness (QED) is 0.401. The van der Waals surface area contributed by atoms with Gasteiger partial charge in [0.1, 0.15) is 0 Å². The molecule has 1 aliphatic heterocycles. The first-order valence-corrected chi connectivity index (χ1v) is 7.80. The Morgan fingerprint density at radius 3 is 2.00 bits per heavy atom. The summed E-state index contributed by atoms with van der Waals surface area (Å²) in [5.74, 6) is 0. The van der Waals surface area contributed by atoms with Crippen LogP contribution in [0.2, 0.25) is 0 Å². The van der Waals surface area contributed by atoms with Crippen molar-refractivity contribution in [2.45, 2.75) is 66.2 Å². The second-order valence-electron chi connectivity index (χ2n) is 7.10. The van der Waals surface area contributed by atoms with Crippen molar-refractivity contribution in [2.75, 3.05) is 0 Å². The van der Waals surface area contributed by atoms with Crippen molar-refractivity contribution < 1.29 is 9.31 Å². The van der Waals surface area contributed by atoms with E-state index in [0.717, 1.165) is 27.7 Å². The van der Waals surface area contributed by atoms with E-state index < -0.39 is 18.3 Å². The van der Waals surface area contributed by atoms with Gasteiger partial charge in [0.2, 0.25) is 0 Å². The molecule has 23 heavy (non-hydrogen) atoms. The van der Waals surface area contributed by atoms with Gasteiger partial charge in [-0.2, -0.15) is 0 Å². The minimum Gasteiger partial charge on any atom is -0.399 e. The fraction of sp³-hybridized carbons (Fsp3) is 0.625. The van der Waals surface area contributed by atoms with Crippen LogP contribution in [0.3, 0.4) is 0 Å². The molecule has 2 rings (SSSR count). The molecule has 0 aromatic heterocycles. The SMILES string of the molecule is Cc1c(CN)c(C)c(B2OC(C)(C)C(C)(C)O2)c(C)c1N=[N+]=[N-]. The highest BCUT2D eigenvalue weighted by Gasteiger charge is 2.52. The molecule has 1 saturated heterocycles. The van der Waals surface area contributed by atoms with Crippen LogP contribution in [0.5, 0.6) is 0 Å². The van der Waals surface area contributed by atoms with Crippen molar-refractivity contribution in [1.29, 1.82) is 0 Å². The Bertz CT molecular complexity index is 678. The van der Waals surface area contributed by atoms with Crippen molar-refractivity contribution in [1.82, 2.24) is 0 Å². The average molecular weight is 316 g/mol. The number of azide groups is 1. The van der Waals surface area contributed by atoms with Crippen molar-refractivity contribution in [3.8, 4) is 0 Å². The Morgan fingerprint density at radius 1 is 1.04 bits per heavy atom. The summed E-state index contributed by atoms with van der Waals surface area (Å²) in [6.45, 7) is 14.3. The highest BCUT2D eigenvalue weighted by Crippen LogP contribution is 2.38. The van der Waals surface area contributed by atoms with Crippen LogP contribution < -0.4 is 11.2 Å². The molecule has 0 amide bonds. The van der Waals surface area contributed by atoms with Crippen LogP contribution in [-0.4, -0.2) is 18.3 Å². The molecule has 1 aliphatic rings. The minimum atomic E-state index is -0.501. The van der Waals surface area contributed by atoms with Gasteiger partial charge in [-0.05, 0) is 81.7 Å². The molecule has 6 nitrogen and oxygen atoms in total.